The van der Waals surface area contributed by atoms with E-state index in [1.165, 1.54) is 11.1 Å². The summed E-state index contributed by atoms with van der Waals surface area (Å²) in [5.41, 5.74) is 2.41. The van der Waals surface area contributed by atoms with E-state index in [9.17, 15) is 0 Å². The maximum atomic E-state index is 4.53. The highest BCUT2D eigenvalue weighted by Crippen LogP contribution is 2.13. The Bertz CT molecular complexity index is 731. The highest BCUT2D eigenvalue weighted by molar-refractivity contribution is 5.40. The van der Waals surface area contributed by atoms with Gasteiger partial charge in [0.2, 0.25) is 5.95 Å². The Morgan fingerprint density at radius 2 is 1.57 bits per heavy atom. The molecule has 5 nitrogen and oxygen atoms in total. The molecule has 0 unspecified atom stereocenters. The molecule has 1 N–H and O–H groups in total. The number of hydrogen-bond donors (Lipinski definition) is 1. The molecule has 23 heavy (non-hydrogen) atoms. The van der Waals surface area contributed by atoms with Crippen LogP contribution in [0.1, 0.15) is 11.1 Å². The highest BCUT2D eigenvalue weighted by atomic mass is 15.3. The fourth-order valence-corrected chi connectivity index (χ4v) is 2.27. The number of anilines is 2. The highest BCUT2D eigenvalue weighted by Gasteiger charge is 2.06. The van der Waals surface area contributed by atoms with Crippen LogP contribution in [0.4, 0.5) is 11.8 Å². The molecule has 0 fully saturated rings. The molecule has 0 atom stereocenters. The first-order valence-electron chi connectivity index (χ1n) is 7.54. The Labute approximate surface area is 136 Å². The minimum Gasteiger partial charge on any atom is -0.354 e. The van der Waals surface area contributed by atoms with Crippen molar-refractivity contribution in [1.29, 1.82) is 0 Å². The quantitative estimate of drug-likeness (QED) is 0.758. The molecule has 0 saturated carbocycles. The van der Waals surface area contributed by atoms with E-state index in [4.69, 9.17) is 0 Å². The summed E-state index contributed by atoms with van der Waals surface area (Å²) in [6.45, 7) is 1.45. The molecule has 1 heterocycles. The Hall–Kier alpha value is -2.95. The summed E-state index contributed by atoms with van der Waals surface area (Å²) < 4.78 is 0. The third-order valence-electron chi connectivity index (χ3n) is 3.49. The first-order valence-corrected chi connectivity index (χ1v) is 7.54. The summed E-state index contributed by atoms with van der Waals surface area (Å²) in [7, 11) is 2.00. The van der Waals surface area contributed by atoms with Gasteiger partial charge in [0.15, 0.2) is 5.82 Å². The number of hydrogen-bond acceptors (Lipinski definition) is 5. The third-order valence-corrected chi connectivity index (χ3v) is 3.49. The van der Waals surface area contributed by atoms with Gasteiger partial charge in [0, 0.05) is 20.1 Å². The summed E-state index contributed by atoms with van der Waals surface area (Å²) >= 11 is 0. The zero-order chi connectivity index (χ0) is 15.9. The van der Waals surface area contributed by atoms with Crippen molar-refractivity contribution in [3.63, 3.8) is 0 Å². The Balaban J connectivity index is 1.64. The van der Waals surface area contributed by atoms with Crippen molar-refractivity contribution in [2.24, 2.45) is 0 Å². The summed E-state index contributed by atoms with van der Waals surface area (Å²) in [5, 5.41) is 11.3. The van der Waals surface area contributed by atoms with E-state index in [1.54, 1.807) is 6.20 Å². The van der Waals surface area contributed by atoms with Crippen LogP contribution in [0.2, 0.25) is 0 Å². The molecule has 116 valence electrons. The Morgan fingerprint density at radius 3 is 2.26 bits per heavy atom. The third kappa shape index (κ3) is 4.26. The molecule has 2 aromatic carbocycles. The van der Waals surface area contributed by atoms with Crippen LogP contribution in [-0.2, 0) is 13.1 Å². The minimum absolute atomic E-state index is 0.534. The van der Waals surface area contributed by atoms with Gasteiger partial charge in [-0.3, -0.25) is 0 Å². The van der Waals surface area contributed by atoms with Gasteiger partial charge < -0.3 is 10.2 Å². The average Bonchev–Trinajstić information content (AvgIpc) is 2.62. The first-order chi connectivity index (χ1) is 11.3. The van der Waals surface area contributed by atoms with Crippen molar-refractivity contribution in [3.8, 4) is 0 Å². The molecule has 0 bridgehead atoms. The van der Waals surface area contributed by atoms with Crippen molar-refractivity contribution in [3.05, 3.63) is 78.0 Å². The second-order valence-electron chi connectivity index (χ2n) is 5.32. The van der Waals surface area contributed by atoms with Gasteiger partial charge in [0.05, 0.1) is 6.20 Å². The molecule has 3 aromatic rings. The Kier molecular flexibility index (Phi) is 4.79. The van der Waals surface area contributed by atoms with Crippen molar-refractivity contribution in [1.82, 2.24) is 15.2 Å². The van der Waals surface area contributed by atoms with Crippen LogP contribution in [0.3, 0.4) is 0 Å². The standard InChI is InChI=1S/C18H19N5/c1-23(14-16-10-6-3-7-11-16)17-13-20-22-18(21-17)19-12-15-8-4-2-5-9-15/h2-11,13H,12,14H2,1H3,(H,19,21,22). The number of benzene rings is 2. The van der Waals surface area contributed by atoms with E-state index in [2.05, 4.69) is 49.7 Å². The van der Waals surface area contributed by atoms with E-state index >= 15 is 0 Å². The predicted octanol–water partition coefficient (Wildman–Crippen LogP) is 3.12. The van der Waals surface area contributed by atoms with Crippen molar-refractivity contribution >= 4 is 11.8 Å². The number of aromatic nitrogens is 3. The maximum absolute atomic E-state index is 4.53. The molecular weight excluding hydrogens is 286 g/mol. The molecule has 3 rings (SSSR count). The van der Waals surface area contributed by atoms with Gasteiger partial charge in [0.1, 0.15) is 0 Å². The second kappa shape index (κ2) is 7.35. The molecule has 0 spiro atoms. The van der Waals surface area contributed by atoms with E-state index in [1.807, 2.05) is 43.4 Å². The molecule has 0 aliphatic rings. The van der Waals surface area contributed by atoms with E-state index < -0.39 is 0 Å². The topological polar surface area (TPSA) is 53.9 Å². The zero-order valence-corrected chi connectivity index (χ0v) is 13.1. The van der Waals surface area contributed by atoms with E-state index in [-0.39, 0.29) is 0 Å². The van der Waals surface area contributed by atoms with Crippen LogP contribution in [0.5, 0.6) is 0 Å². The summed E-state index contributed by atoms with van der Waals surface area (Å²) in [6, 6.07) is 20.4. The van der Waals surface area contributed by atoms with Gasteiger partial charge in [-0.15, -0.1) is 5.10 Å². The van der Waals surface area contributed by atoms with Crippen LogP contribution in [0, 0.1) is 0 Å². The maximum Gasteiger partial charge on any atom is 0.244 e. The number of rotatable bonds is 6. The smallest absolute Gasteiger partial charge is 0.244 e. The first kappa shape index (κ1) is 15.0. The van der Waals surface area contributed by atoms with E-state index in [0.29, 0.717) is 12.5 Å². The molecule has 0 saturated heterocycles. The number of nitrogens with zero attached hydrogens (tertiary/aromatic N) is 4. The fraction of sp³-hybridized carbons (Fsp3) is 0.167. The van der Waals surface area contributed by atoms with Crippen molar-refractivity contribution in [2.75, 3.05) is 17.3 Å². The van der Waals surface area contributed by atoms with Crippen LogP contribution in [0.15, 0.2) is 66.9 Å². The molecule has 0 aliphatic heterocycles. The lowest BCUT2D eigenvalue weighted by Gasteiger charge is -2.18. The molecule has 0 radical (unpaired) electrons. The van der Waals surface area contributed by atoms with Crippen LogP contribution in [0.25, 0.3) is 0 Å². The van der Waals surface area contributed by atoms with Crippen LogP contribution in [-0.4, -0.2) is 22.2 Å². The molecule has 0 amide bonds. The lowest BCUT2D eigenvalue weighted by atomic mass is 10.2. The van der Waals surface area contributed by atoms with Gasteiger partial charge in [-0.05, 0) is 11.1 Å². The predicted molar refractivity (Wildman–Crippen MR) is 92.1 cm³/mol. The fourth-order valence-electron chi connectivity index (χ4n) is 2.27. The molecule has 5 heteroatoms. The van der Waals surface area contributed by atoms with Crippen molar-refractivity contribution < 1.29 is 0 Å². The normalized spacial score (nSPS) is 10.3. The second-order valence-corrected chi connectivity index (χ2v) is 5.32. The lowest BCUT2D eigenvalue weighted by Crippen LogP contribution is -2.19. The number of nitrogens with one attached hydrogen (secondary N) is 1. The molecule has 0 aliphatic carbocycles. The molecule has 1 aromatic heterocycles. The van der Waals surface area contributed by atoms with Gasteiger partial charge in [-0.25, -0.2) is 0 Å². The Morgan fingerprint density at radius 1 is 0.913 bits per heavy atom. The van der Waals surface area contributed by atoms with Crippen LogP contribution < -0.4 is 10.2 Å². The summed E-state index contributed by atoms with van der Waals surface area (Å²) in [6.07, 6.45) is 1.68. The largest absolute Gasteiger partial charge is 0.354 e. The average molecular weight is 305 g/mol. The minimum atomic E-state index is 0.534. The van der Waals surface area contributed by atoms with Crippen LogP contribution >= 0.6 is 0 Å². The van der Waals surface area contributed by atoms with Gasteiger partial charge in [0.25, 0.3) is 0 Å². The van der Waals surface area contributed by atoms with E-state index in [0.717, 1.165) is 12.4 Å². The zero-order valence-electron chi connectivity index (χ0n) is 13.1. The summed E-state index contributed by atoms with van der Waals surface area (Å²) in [5.74, 6) is 1.32. The van der Waals surface area contributed by atoms with Gasteiger partial charge in [-0.2, -0.15) is 10.1 Å². The monoisotopic (exact) mass is 305 g/mol. The SMILES string of the molecule is CN(Cc1ccccc1)c1cnnc(NCc2ccccc2)n1. The van der Waals surface area contributed by atoms with Crippen molar-refractivity contribution in [2.45, 2.75) is 13.1 Å². The van der Waals surface area contributed by atoms with Gasteiger partial charge >= 0.3 is 0 Å². The summed E-state index contributed by atoms with van der Waals surface area (Å²) in [4.78, 5) is 6.58. The lowest BCUT2D eigenvalue weighted by molar-refractivity contribution is 0.859. The molecular formula is C18H19N5. The van der Waals surface area contributed by atoms with Gasteiger partial charge in [-0.1, -0.05) is 60.7 Å².